The second-order valence-corrected chi connectivity index (χ2v) is 6.79. The summed E-state index contributed by atoms with van der Waals surface area (Å²) in [6, 6.07) is 0.984. The summed E-state index contributed by atoms with van der Waals surface area (Å²) in [6.45, 7) is 4.05. The number of halogens is 3. The molecule has 1 aliphatic heterocycles. The summed E-state index contributed by atoms with van der Waals surface area (Å²) in [5, 5.41) is 0. The van der Waals surface area contributed by atoms with Crippen molar-refractivity contribution in [1.29, 1.82) is 0 Å². The number of alkyl halides is 3. The Bertz CT molecular complexity index is 747. The number of aromatic amines is 1. The van der Waals surface area contributed by atoms with Gasteiger partial charge in [-0.25, -0.2) is 13.6 Å². The van der Waals surface area contributed by atoms with Gasteiger partial charge >= 0.3 is 11.7 Å². The Hall–Kier alpha value is -1.30. The average molecular weight is 458 g/mol. The summed E-state index contributed by atoms with van der Waals surface area (Å²) in [6.07, 6.45) is -2.56. The number of ether oxygens (including phenoxy) is 2. The molecule has 1 fully saturated rings. The van der Waals surface area contributed by atoms with E-state index in [0.29, 0.717) is 0 Å². The largest absolute Gasteiger partial charge is 0.452 e. The van der Waals surface area contributed by atoms with E-state index < -0.39 is 47.0 Å². The van der Waals surface area contributed by atoms with E-state index in [9.17, 15) is 14.4 Å². The molecule has 0 bridgehead atoms. The third-order valence-electron chi connectivity index (χ3n) is 3.69. The molecule has 2 rings (SSSR count). The topological polar surface area (TPSA) is 90.4 Å². The van der Waals surface area contributed by atoms with Crippen LogP contribution in [0.5, 0.6) is 0 Å². The van der Waals surface area contributed by atoms with Crippen molar-refractivity contribution in [3.05, 3.63) is 33.1 Å². The quantitative estimate of drug-likeness (QED) is 0.420. The summed E-state index contributed by atoms with van der Waals surface area (Å²) in [5.41, 5.74) is -4.17. The van der Waals surface area contributed by atoms with Crippen molar-refractivity contribution < 1.29 is 23.0 Å². The van der Waals surface area contributed by atoms with E-state index in [2.05, 4.69) is 0 Å². The lowest BCUT2D eigenvalue weighted by Gasteiger charge is -2.29. The van der Waals surface area contributed by atoms with Gasteiger partial charge in [-0.3, -0.25) is 19.1 Å². The zero-order valence-corrected chi connectivity index (χ0v) is 15.4. The number of aromatic nitrogens is 2. The average Bonchev–Trinajstić information content (AvgIpc) is 2.68. The molecular weight excluding hydrogens is 441 g/mol. The first-order valence-electron chi connectivity index (χ1n) is 7.16. The maximum absolute atomic E-state index is 15.3. The van der Waals surface area contributed by atoms with E-state index in [0.717, 1.165) is 23.8 Å². The number of carbonyl (C=O) groups is 1. The van der Waals surface area contributed by atoms with Crippen LogP contribution in [-0.4, -0.2) is 37.6 Å². The SMILES string of the molecule is CC(C)C(=O)O[C@H]1[C@@](C)(F)[C@H](n2ccc(=O)[nH]c2=O)O[C@]1(F)CI. The van der Waals surface area contributed by atoms with Crippen LogP contribution in [0.1, 0.15) is 27.0 Å². The Morgan fingerprint density at radius 3 is 2.62 bits per heavy atom. The van der Waals surface area contributed by atoms with E-state index in [4.69, 9.17) is 9.47 Å². The van der Waals surface area contributed by atoms with Gasteiger partial charge in [0.1, 0.15) is 0 Å². The standard InChI is InChI=1S/C14H17F2IN2O5/c1-7(2)9(21)23-10-13(3,15)11(24-14(10,16)6-17)19-5-4-8(20)18-12(19)22/h4-5,7,10-11H,6H2,1-3H3,(H,18,20,22)/t10-,11+,13+,14+/m0/s1. The van der Waals surface area contributed by atoms with Crippen LogP contribution in [0, 0.1) is 5.92 Å². The van der Waals surface area contributed by atoms with Crippen LogP contribution in [0.4, 0.5) is 8.78 Å². The van der Waals surface area contributed by atoms with Gasteiger partial charge in [-0.1, -0.05) is 36.4 Å². The fourth-order valence-corrected chi connectivity index (χ4v) is 2.99. The summed E-state index contributed by atoms with van der Waals surface area (Å²) in [5.74, 6) is -3.99. The monoisotopic (exact) mass is 458 g/mol. The molecule has 0 aliphatic carbocycles. The molecule has 1 aliphatic rings. The highest BCUT2D eigenvalue weighted by Crippen LogP contribution is 2.49. The van der Waals surface area contributed by atoms with E-state index in [1.54, 1.807) is 22.6 Å². The molecule has 10 heteroatoms. The first-order chi connectivity index (χ1) is 11.0. The fourth-order valence-electron chi connectivity index (χ4n) is 2.41. The van der Waals surface area contributed by atoms with Crippen molar-refractivity contribution in [3.8, 4) is 0 Å². The normalized spacial score (nSPS) is 33.0. The maximum Gasteiger partial charge on any atom is 0.330 e. The minimum absolute atomic E-state index is 0.324. The van der Waals surface area contributed by atoms with Crippen LogP contribution < -0.4 is 11.2 Å². The fraction of sp³-hybridized carbons (Fsp3) is 0.643. The molecular formula is C14H17F2IN2O5. The van der Waals surface area contributed by atoms with Gasteiger partial charge < -0.3 is 9.47 Å². The van der Waals surface area contributed by atoms with Gasteiger partial charge in [0.05, 0.1) is 10.3 Å². The third kappa shape index (κ3) is 3.25. The molecule has 2 heterocycles. The zero-order valence-electron chi connectivity index (χ0n) is 13.2. The smallest absolute Gasteiger partial charge is 0.330 e. The second-order valence-electron chi connectivity index (χ2n) is 6.03. The number of H-pyrrole nitrogens is 1. The molecule has 0 unspecified atom stereocenters. The van der Waals surface area contributed by atoms with Crippen molar-refractivity contribution in [2.45, 2.75) is 44.6 Å². The van der Waals surface area contributed by atoms with Gasteiger partial charge in [-0.15, -0.1) is 0 Å². The van der Waals surface area contributed by atoms with Gasteiger partial charge in [0.15, 0.2) is 18.0 Å². The highest BCUT2D eigenvalue weighted by Gasteiger charge is 2.66. The van der Waals surface area contributed by atoms with E-state index >= 15 is 8.78 Å². The van der Waals surface area contributed by atoms with Crippen LogP contribution in [-0.2, 0) is 14.3 Å². The molecule has 1 saturated heterocycles. The Morgan fingerprint density at radius 1 is 1.50 bits per heavy atom. The summed E-state index contributed by atoms with van der Waals surface area (Å²) in [7, 11) is 0. The lowest BCUT2D eigenvalue weighted by atomic mass is 9.97. The molecule has 1 aromatic rings. The maximum atomic E-state index is 15.3. The number of nitrogens with zero attached hydrogens (tertiary/aromatic N) is 1. The highest BCUT2D eigenvalue weighted by atomic mass is 127. The molecule has 4 atom stereocenters. The van der Waals surface area contributed by atoms with E-state index in [-0.39, 0.29) is 4.43 Å². The van der Waals surface area contributed by atoms with Crippen molar-refractivity contribution >= 4 is 28.6 Å². The van der Waals surface area contributed by atoms with Crippen molar-refractivity contribution in [3.63, 3.8) is 0 Å². The molecule has 7 nitrogen and oxygen atoms in total. The number of hydrogen-bond acceptors (Lipinski definition) is 5. The van der Waals surface area contributed by atoms with Crippen LogP contribution in [0.3, 0.4) is 0 Å². The highest BCUT2D eigenvalue weighted by molar-refractivity contribution is 14.1. The minimum Gasteiger partial charge on any atom is -0.452 e. The molecule has 0 radical (unpaired) electrons. The first kappa shape index (κ1) is 19.0. The van der Waals surface area contributed by atoms with Gasteiger partial charge in [-0.2, -0.15) is 0 Å². The number of carbonyl (C=O) groups excluding carboxylic acids is 1. The van der Waals surface area contributed by atoms with Crippen LogP contribution >= 0.6 is 22.6 Å². The van der Waals surface area contributed by atoms with E-state index in [1.165, 1.54) is 13.8 Å². The Kier molecular flexibility index (Phi) is 5.19. The lowest BCUT2D eigenvalue weighted by molar-refractivity contribution is -0.192. The van der Waals surface area contributed by atoms with Gasteiger partial charge in [0, 0.05) is 12.3 Å². The molecule has 0 spiro atoms. The zero-order chi connectivity index (χ0) is 18.3. The number of esters is 1. The Labute approximate surface area is 149 Å². The van der Waals surface area contributed by atoms with Gasteiger partial charge in [-0.05, 0) is 6.92 Å². The predicted octanol–water partition coefficient (Wildman–Crippen LogP) is 1.46. The van der Waals surface area contributed by atoms with Gasteiger partial charge in [0.25, 0.3) is 11.4 Å². The molecule has 1 N–H and O–H groups in total. The van der Waals surface area contributed by atoms with Crippen LogP contribution in [0.15, 0.2) is 21.9 Å². The van der Waals surface area contributed by atoms with Crippen LogP contribution in [0.2, 0.25) is 0 Å². The molecule has 0 amide bonds. The minimum atomic E-state index is -2.62. The van der Waals surface area contributed by atoms with Crippen LogP contribution in [0.25, 0.3) is 0 Å². The summed E-state index contributed by atoms with van der Waals surface area (Å²) < 4.78 is 40.9. The summed E-state index contributed by atoms with van der Waals surface area (Å²) in [4.78, 5) is 36.8. The van der Waals surface area contributed by atoms with Crippen molar-refractivity contribution in [2.75, 3.05) is 4.43 Å². The second kappa shape index (κ2) is 6.54. The molecule has 1 aromatic heterocycles. The van der Waals surface area contributed by atoms with E-state index in [1.807, 2.05) is 4.98 Å². The Morgan fingerprint density at radius 2 is 2.12 bits per heavy atom. The van der Waals surface area contributed by atoms with Crippen molar-refractivity contribution in [2.24, 2.45) is 5.92 Å². The summed E-state index contributed by atoms with van der Waals surface area (Å²) >= 11 is 1.64. The van der Waals surface area contributed by atoms with Crippen molar-refractivity contribution in [1.82, 2.24) is 9.55 Å². The molecule has 24 heavy (non-hydrogen) atoms. The number of rotatable bonds is 4. The predicted molar refractivity (Wildman–Crippen MR) is 88.4 cm³/mol. The molecule has 134 valence electrons. The first-order valence-corrected chi connectivity index (χ1v) is 8.69. The molecule has 0 saturated carbocycles. The molecule has 0 aromatic carbocycles. The van der Waals surface area contributed by atoms with Gasteiger partial charge in [0.2, 0.25) is 0 Å². The lowest BCUT2D eigenvalue weighted by Crippen LogP contribution is -2.49. The number of hydrogen-bond donors (Lipinski definition) is 1. The number of nitrogens with one attached hydrogen (secondary N) is 1. The third-order valence-corrected chi connectivity index (χ3v) is 4.73. The Balaban J connectivity index is 2.48.